The first-order valence-electron chi connectivity index (χ1n) is 2.82. The molecule has 0 radical (unpaired) electrons. The molecule has 0 aromatic heterocycles. The molecule has 0 heterocycles. The van der Waals surface area contributed by atoms with Crippen molar-refractivity contribution in [2.75, 3.05) is 0 Å². The van der Waals surface area contributed by atoms with Crippen LogP contribution in [0.25, 0.3) is 0 Å². The van der Waals surface area contributed by atoms with Crippen molar-refractivity contribution in [1.29, 1.82) is 0 Å². The second-order valence-corrected chi connectivity index (χ2v) is 2.89. The Labute approximate surface area is 60.7 Å². The fourth-order valence-corrected chi connectivity index (χ4v) is 1.12. The summed E-state index contributed by atoms with van der Waals surface area (Å²) in [6.45, 7) is 0. The van der Waals surface area contributed by atoms with Crippen LogP contribution in [-0.2, 0) is 11.1 Å². The molecule has 0 aromatic rings. The summed E-state index contributed by atoms with van der Waals surface area (Å²) in [7, 11) is 0. The number of halogens is 1. The van der Waals surface area contributed by atoms with E-state index in [9.17, 15) is 13.2 Å². The van der Waals surface area contributed by atoms with E-state index >= 15 is 0 Å². The molecule has 0 bridgehead atoms. The molecular formula is C6H6FO2S-. The Morgan fingerprint density at radius 1 is 1.80 bits per heavy atom. The Hall–Kier alpha value is -0.480. The Balaban J connectivity index is 2.67. The van der Waals surface area contributed by atoms with Gasteiger partial charge < -0.3 is 4.55 Å². The highest BCUT2D eigenvalue weighted by molar-refractivity contribution is 7.83. The van der Waals surface area contributed by atoms with Gasteiger partial charge in [0.2, 0.25) is 0 Å². The van der Waals surface area contributed by atoms with Crippen molar-refractivity contribution in [3.8, 4) is 0 Å². The van der Waals surface area contributed by atoms with E-state index in [0.717, 1.165) is 0 Å². The second kappa shape index (κ2) is 3.07. The van der Waals surface area contributed by atoms with E-state index in [2.05, 4.69) is 0 Å². The van der Waals surface area contributed by atoms with Gasteiger partial charge in [0, 0.05) is 11.3 Å². The van der Waals surface area contributed by atoms with Crippen LogP contribution in [0.5, 0.6) is 0 Å². The molecule has 2 unspecified atom stereocenters. The lowest BCUT2D eigenvalue weighted by Gasteiger charge is -2.10. The molecule has 0 N–H and O–H groups in total. The molecule has 0 spiro atoms. The van der Waals surface area contributed by atoms with Gasteiger partial charge in [-0.05, 0) is 23.2 Å². The van der Waals surface area contributed by atoms with Crippen LogP contribution in [0.1, 0.15) is 6.42 Å². The topological polar surface area (TPSA) is 40.1 Å². The van der Waals surface area contributed by atoms with E-state index in [4.69, 9.17) is 0 Å². The van der Waals surface area contributed by atoms with Crippen molar-refractivity contribution in [3.63, 3.8) is 0 Å². The number of alkyl halides is 1. The van der Waals surface area contributed by atoms with Crippen molar-refractivity contribution in [3.05, 3.63) is 23.1 Å². The lowest BCUT2D eigenvalue weighted by Crippen LogP contribution is -2.01. The monoisotopic (exact) mass is 161 g/mol. The summed E-state index contributed by atoms with van der Waals surface area (Å²) in [4.78, 5) is 0.175. The highest BCUT2D eigenvalue weighted by Gasteiger charge is 2.05. The molecule has 56 valence electrons. The fourth-order valence-electron chi connectivity index (χ4n) is 0.698. The average molecular weight is 161 g/mol. The van der Waals surface area contributed by atoms with Crippen LogP contribution >= 0.6 is 0 Å². The SMILES string of the molecule is O=S([O-])C1=CCC(F)C=C1. The summed E-state index contributed by atoms with van der Waals surface area (Å²) >= 11 is -2.21. The maximum absolute atomic E-state index is 12.3. The lowest BCUT2D eigenvalue weighted by atomic mass is 10.2. The summed E-state index contributed by atoms with van der Waals surface area (Å²) in [6.07, 6.45) is 3.03. The Morgan fingerprint density at radius 3 is 2.90 bits per heavy atom. The zero-order valence-electron chi connectivity index (χ0n) is 5.12. The Kier molecular flexibility index (Phi) is 2.34. The Morgan fingerprint density at radius 2 is 2.50 bits per heavy atom. The molecule has 0 fully saturated rings. The van der Waals surface area contributed by atoms with Gasteiger partial charge in [-0.3, -0.25) is 4.21 Å². The van der Waals surface area contributed by atoms with Gasteiger partial charge in [-0.2, -0.15) is 0 Å². The molecule has 2 nitrogen and oxygen atoms in total. The number of allylic oxidation sites excluding steroid dienone is 3. The van der Waals surface area contributed by atoms with E-state index < -0.39 is 17.3 Å². The van der Waals surface area contributed by atoms with Gasteiger partial charge in [0.1, 0.15) is 6.17 Å². The van der Waals surface area contributed by atoms with E-state index in [-0.39, 0.29) is 11.3 Å². The quantitative estimate of drug-likeness (QED) is 0.539. The normalized spacial score (nSPS) is 27.8. The second-order valence-electron chi connectivity index (χ2n) is 1.95. The summed E-state index contributed by atoms with van der Waals surface area (Å²) in [5.74, 6) is 0. The highest BCUT2D eigenvalue weighted by Crippen LogP contribution is 2.14. The summed E-state index contributed by atoms with van der Waals surface area (Å²) in [5.41, 5.74) is 0. The number of rotatable bonds is 1. The molecule has 10 heavy (non-hydrogen) atoms. The zero-order valence-corrected chi connectivity index (χ0v) is 5.94. The predicted molar refractivity (Wildman–Crippen MR) is 35.7 cm³/mol. The molecule has 1 aliphatic rings. The average Bonchev–Trinajstić information content (AvgIpc) is 1.88. The van der Waals surface area contributed by atoms with Crippen molar-refractivity contribution in [2.45, 2.75) is 12.6 Å². The van der Waals surface area contributed by atoms with Crippen molar-refractivity contribution < 1.29 is 13.2 Å². The van der Waals surface area contributed by atoms with Crippen molar-refractivity contribution in [1.82, 2.24) is 0 Å². The van der Waals surface area contributed by atoms with Gasteiger partial charge in [-0.15, -0.1) is 0 Å². The first-order valence-corrected chi connectivity index (χ1v) is 3.89. The maximum Gasteiger partial charge on any atom is 0.122 e. The van der Waals surface area contributed by atoms with Gasteiger partial charge in [-0.1, -0.05) is 6.08 Å². The standard InChI is InChI=1S/C6H7FO2S/c7-5-1-3-6(4-2-5)10(8)9/h1,3-5H,2H2,(H,8,9)/p-1. The fraction of sp³-hybridized carbons (Fsp3) is 0.333. The lowest BCUT2D eigenvalue weighted by molar-refractivity contribution is 0.401. The largest absolute Gasteiger partial charge is 0.768 e. The van der Waals surface area contributed by atoms with Gasteiger partial charge in [0.25, 0.3) is 0 Å². The molecule has 0 aromatic carbocycles. The predicted octanol–water partition coefficient (Wildman–Crippen LogP) is 1.05. The van der Waals surface area contributed by atoms with Crippen LogP contribution in [0, 0.1) is 0 Å². The van der Waals surface area contributed by atoms with E-state index in [0.29, 0.717) is 0 Å². The minimum absolute atomic E-state index is 0.166. The molecule has 0 aliphatic heterocycles. The number of hydrogen-bond acceptors (Lipinski definition) is 2. The summed E-state index contributed by atoms with van der Waals surface area (Å²) < 4.78 is 32.7. The molecule has 4 heteroatoms. The molecular weight excluding hydrogens is 155 g/mol. The zero-order chi connectivity index (χ0) is 7.56. The van der Waals surface area contributed by atoms with E-state index in [1.165, 1.54) is 18.2 Å². The van der Waals surface area contributed by atoms with Crippen LogP contribution in [0.3, 0.4) is 0 Å². The molecule has 0 saturated carbocycles. The van der Waals surface area contributed by atoms with Gasteiger partial charge >= 0.3 is 0 Å². The molecule has 0 saturated heterocycles. The third kappa shape index (κ3) is 1.75. The molecule has 2 atom stereocenters. The van der Waals surface area contributed by atoms with Gasteiger partial charge in [0.05, 0.1) is 0 Å². The maximum atomic E-state index is 12.3. The first kappa shape index (κ1) is 7.63. The van der Waals surface area contributed by atoms with Crippen LogP contribution in [0.4, 0.5) is 4.39 Å². The molecule has 1 rings (SSSR count). The number of hydrogen-bond donors (Lipinski definition) is 0. The third-order valence-electron chi connectivity index (χ3n) is 1.21. The van der Waals surface area contributed by atoms with Crippen LogP contribution in [0.2, 0.25) is 0 Å². The molecule has 1 aliphatic carbocycles. The van der Waals surface area contributed by atoms with E-state index in [1.54, 1.807) is 0 Å². The van der Waals surface area contributed by atoms with Gasteiger partial charge in [0.15, 0.2) is 0 Å². The van der Waals surface area contributed by atoms with Crippen LogP contribution < -0.4 is 0 Å². The smallest absolute Gasteiger partial charge is 0.122 e. The molecule has 0 amide bonds. The summed E-state index contributed by atoms with van der Waals surface area (Å²) in [5, 5.41) is 0. The van der Waals surface area contributed by atoms with Crippen molar-refractivity contribution in [2.24, 2.45) is 0 Å². The van der Waals surface area contributed by atoms with Crippen LogP contribution in [-0.4, -0.2) is 14.9 Å². The van der Waals surface area contributed by atoms with Gasteiger partial charge in [-0.25, -0.2) is 4.39 Å². The van der Waals surface area contributed by atoms with E-state index in [1.807, 2.05) is 0 Å². The van der Waals surface area contributed by atoms with Crippen molar-refractivity contribution >= 4 is 11.1 Å². The first-order chi connectivity index (χ1) is 4.70. The highest BCUT2D eigenvalue weighted by atomic mass is 32.2. The van der Waals surface area contributed by atoms with Crippen LogP contribution in [0.15, 0.2) is 23.1 Å². The Bertz CT molecular complexity index is 210. The third-order valence-corrected chi connectivity index (χ3v) is 1.89. The minimum atomic E-state index is -2.21. The minimum Gasteiger partial charge on any atom is -0.768 e. The summed E-state index contributed by atoms with van der Waals surface area (Å²) in [6, 6.07) is 0.